The van der Waals surface area contributed by atoms with Gasteiger partial charge in [-0.3, -0.25) is 14.5 Å². The summed E-state index contributed by atoms with van der Waals surface area (Å²) in [5.74, 6) is 0.0884. The maximum Gasteiger partial charge on any atom is 0.309 e. The molecule has 146 valence electrons. The van der Waals surface area contributed by atoms with Crippen LogP contribution in [0.15, 0.2) is 24.3 Å². The average Bonchev–Trinajstić information content (AvgIpc) is 2.60. The number of benzene rings is 1. The summed E-state index contributed by atoms with van der Waals surface area (Å²) in [5, 5.41) is 3.04. The maximum atomic E-state index is 12.4. The Balaban J connectivity index is 2.55. The number of ether oxygens (including phenoxy) is 1. The molecule has 0 aliphatic rings. The second-order valence-electron chi connectivity index (χ2n) is 7.38. The van der Waals surface area contributed by atoms with Crippen LogP contribution in [-0.2, 0) is 20.7 Å². The highest BCUT2D eigenvalue weighted by atomic mass is 16.5. The van der Waals surface area contributed by atoms with Crippen LogP contribution in [0.4, 0.5) is 0 Å². The lowest BCUT2D eigenvalue weighted by Gasteiger charge is -2.24. The second-order valence-corrected chi connectivity index (χ2v) is 7.38. The van der Waals surface area contributed by atoms with Gasteiger partial charge in [-0.05, 0) is 36.9 Å². The molecular formula is C21H34N2O3. The molecule has 0 heterocycles. The minimum atomic E-state index is -0.251. The molecule has 1 aromatic carbocycles. The normalized spacial score (nSPS) is 13.5. The van der Waals surface area contributed by atoms with Crippen LogP contribution in [0.5, 0.6) is 0 Å². The fourth-order valence-electron chi connectivity index (χ4n) is 2.96. The number of hydrogen-bond donors (Lipinski definition) is 1. The summed E-state index contributed by atoms with van der Waals surface area (Å²) < 4.78 is 4.75. The van der Waals surface area contributed by atoms with Crippen molar-refractivity contribution in [2.75, 3.05) is 26.7 Å². The summed E-state index contributed by atoms with van der Waals surface area (Å²) >= 11 is 0. The van der Waals surface area contributed by atoms with Crippen LogP contribution >= 0.6 is 0 Å². The zero-order chi connectivity index (χ0) is 19.7. The number of nitrogens with one attached hydrogen (secondary N) is 1. The van der Waals surface area contributed by atoms with Crippen molar-refractivity contribution < 1.29 is 14.3 Å². The van der Waals surface area contributed by atoms with Gasteiger partial charge in [0.25, 0.3) is 0 Å². The van der Waals surface area contributed by atoms with Gasteiger partial charge in [-0.15, -0.1) is 0 Å². The van der Waals surface area contributed by atoms with Crippen LogP contribution < -0.4 is 5.32 Å². The summed E-state index contributed by atoms with van der Waals surface area (Å²) in [6.45, 7) is 11.7. The van der Waals surface area contributed by atoms with E-state index in [9.17, 15) is 9.59 Å². The second kappa shape index (κ2) is 11.0. The van der Waals surface area contributed by atoms with Crippen molar-refractivity contribution in [3.05, 3.63) is 35.4 Å². The van der Waals surface area contributed by atoms with E-state index in [1.807, 2.05) is 25.7 Å². The molecule has 0 aliphatic carbocycles. The lowest BCUT2D eigenvalue weighted by Crippen LogP contribution is -2.41. The zero-order valence-corrected chi connectivity index (χ0v) is 17.0. The van der Waals surface area contributed by atoms with Gasteiger partial charge in [0.2, 0.25) is 5.91 Å². The fraction of sp³-hybridized carbons (Fsp3) is 0.619. The van der Waals surface area contributed by atoms with Gasteiger partial charge in [0.05, 0.1) is 25.6 Å². The minimum Gasteiger partial charge on any atom is -0.469 e. The smallest absolute Gasteiger partial charge is 0.309 e. The molecule has 0 bridgehead atoms. The van der Waals surface area contributed by atoms with Crippen LogP contribution in [0.3, 0.4) is 0 Å². The number of methoxy groups -OCH3 is 1. The highest BCUT2D eigenvalue weighted by molar-refractivity contribution is 5.78. The van der Waals surface area contributed by atoms with E-state index in [0.29, 0.717) is 19.0 Å². The molecule has 26 heavy (non-hydrogen) atoms. The van der Waals surface area contributed by atoms with Crippen LogP contribution in [0, 0.1) is 11.8 Å². The van der Waals surface area contributed by atoms with Crippen molar-refractivity contribution >= 4 is 11.9 Å². The quantitative estimate of drug-likeness (QED) is 0.650. The molecule has 2 unspecified atom stereocenters. The SMILES string of the molecule is CCN(CC(=O)NC(C)c1ccc(CC(C)C)cc1)CC(C)C(=O)OC. The molecule has 0 radical (unpaired) electrons. The fourth-order valence-corrected chi connectivity index (χ4v) is 2.96. The molecule has 1 rings (SSSR count). The number of carbonyl (C=O) groups is 2. The predicted molar refractivity (Wildman–Crippen MR) is 105 cm³/mol. The van der Waals surface area contributed by atoms with Crippen LogP contribution in [0.2, 0.25) is 0 Å². The molecule has 1 N–H and O–H groups in total. The molecule has 0 fully saturated rings. The lowest BCUT2D eigenvalue weighted by molar-refractivity contribution is -0.145. The Morgan fingerprint density at radius 2 is 1.73 bits per heavy atom. The molecule has 0 aromatic heterocycles. The Morgan fingerprint density at radius 1 is 1.12 bits per heavy atom. The molecular weight excluding hydrogens is 328 g/mol. The van der Waals surface area contributed by atoms with Gasteiger partial charge in [-0.25, -0.2) is 0 Å². The summed E-state index contributed by atoms with van der Waals surface area (Å²) in [6.07, 6.45) is 1.06. The number of nitrogens with zero attached hydrogens (tertiary/aromatic N) is 1. The third kappa shape index (κ3) is 7.56. The van der Waals surface area contributed by atoms with Crippen LogP contribution in [-0.4, -0.2) is 43.5 Å². The number of hydrogen-bond acceptors (Lipinski definition) is 4. The number of amides is 1. The molecule has 1 aromatic rings. The van der Waals surface area contributed by atoms with Crippen molar-refractivity contribution in [1.29, 1.82) is 0 Å². The maximum absolute atomic E-state index is 12.4. The van der Waals surface area contributed by atoms with Crippen molar-refractivity contribution in [1.82, 2.24) is 10.2 Å². The van der Waals surface area contributed by atoms with Crippen LogP contribution in [0.25, 0.3) is 0 Å². The first-order valence-corrected chi connectivity index (χ1v) is 9.45. The number of rotatable bonds is 10. The largest absolute Gasteiger partial charge is 0.469 e. The number of esters is 1. The summed E-state index contributed by atoms with van der Waals surface area (Å²) in [7, 11) is 1.38. The molecule has 2 atom stereocenters. The molecule has 1 amide bonds. The van der Waals surface area contributed by atoms with Crippen LogP contribution in [0.1, 0.15) is 51.8 Å². The summed E-state index contributed by atoms with van der Waals surface area (Å²) in [5.41, 5.74) is 2.41. The minimum absolute atomic E-state index is 0.0392. The van der Waals surface area contributed by atoms with Gasteiger partial charge in [0.15, 0.2) is 0 Å². The topological polar surface area (TPSA) is 58.6 Å². The van der Waals surface area contributed by atoms with Crippen molar-refractivity contribution in [3.63, 3.8) is 0 Å². The Morgan fingerprint density at radius 3 is 2.23 bits per heavy atom. The lowest BCUT2D eigenvalue weighted by atomic mass is 10.00. The Bertz CT molecular complexity index is 569. The average molecular weight is 363 g/mol. The van der Waals surface area contributed by atoms with Gasteiger partial charge in [0.1, 0.15) is 0 Å². The number of likely N-dealkylation sites (N-methyl/N-ethyl adjacent to an activating group) is 1. The zero-order valence-electron chi connectivity index (χ0n) is 17.0. The van der Waals surface area contributed by atoms with E-state index in [4.69, 9.17) is 4.74 Å². The van der Waals surface area contributed by atoms with Gasteiger partial charge in [0, 0.05) is 6.54 Å². The van der Waals surface area contributed by atoms with E-state index in [-0.39, 0.29) is 30.4 Å². The first-order chi connectivity index (χ1) is 12.3. The Hall–Kier alpha value is -1.88. The standard InChI is InChI=1S/C21H34N2O3/c1-7-23(13-16(4)21(25)26-6)14-20(24)22-17(5)19-10-8-18(9-11-19)12-15(2)3/h8-11,15-17H,7,12-14H2,1-6H3,(H,22,24). The first-order valence-electron chi connectivity index (χ1n) is 9.45. The Kier molecular flexibility index (Phi) is 9.35. The highest BCUT2D eigenvalue weighted by Gasteiger charge is 2.19. The first kappa shape index (κ1) is 22.2. The molecule has 0 aliphatic heterocycles. The van der Waals surface area contributed by atoms with E-state index in [0.717, 1.165) is 12.0 Å². The van der Waals surface area contributed by atoms with Crippen molar-refractivity contribution in [2.24, 2.45) is 11.8 Å². The van der Waals surface area contributed by atoms with E-state index in [1.165, 1.54) is 12.7 Å². The summed E-state index contributed by atoms with van der Waals surface area (Å²) in [4.78, 5) is 25.9. The van der Waals surface area contributed by atoms with Crippen molar-refractivity contribution in [3.8, 4) is 0 Å². The Labute approximate surface area is 158 Å². The van der Waals surface area contributed by atoms with E-state index < -0.39 is 0 Å². The summed E-state index contributed by atoms with van der Waals surface area (Å²) in [6, 6.07) is 8.38. The molecule has 5 heteroatoms. The highest BCUT2D eigenvalue weighted by Crippen LogP contribution is 2.15. The van der Waals surface area contributed by atoms with E-state index in [2.05, 4.69) is 43.4 Å². The third-order valence-electron chi connectivity index (χ3n) is 4.45. The number of carbonyl (C=O) groups excluding carboxylic acids is 2. The van der Waals surface area contributed by atoms with E-state index >= 15 is 0 Å². The molecule has 0 spiro atoms. The van der Waals surface area contributed by atoms with Gasteiger partial charge in [-0.2, -0.15) is 0 Å². The van der Waals surface area contributed by atoms with Crippen molar-refractivity contribution in [2.45, 2.75) is 47.1 Å². The van der Waals surface area contributed by atoms with E-state index in [1.54, 1.807) is 0 Å². The van der Waals surface area contributed by atoms with Gasteiger partial charge in [-0.1, -0.05) is 52.0 Å². The molecule has 5 nitrogen and oxygen atoms in total. The van der Waals surface area contributed by atoms with Gasteiger partial charge < -0.3 is 10.1 Å². The predicted octanol–water partition coefficient (Wildman–Crippen LogP) is 3.19. The third-order valence-corrected chi connectivity index (χ3v) is 4.45. The monoisotopic (exact) mass is 362 g/mol. The molecule has 0 saturated carbocycles. The van der Waals surface area contributed by atoms with Gasteiger partial charge >= 0.3 is 5.97 Å². The molecule has 0 saturated heterocycles.